The standard InChI is InChI=1S/C10H13NO2S/c1-10(2)5-13-9(11-6-12)7-3-4-14-8(7)10/h3-4,6,9H,5H2,1-2H3,(H,11,12). The Labute approximate surface area is 87.1 Å². The average molecular weight is 211 g/mol. The molecule has 1 aromatic rings. The summed E-state index contributed by atoms with van der Waals surface area (Å²) in [5.74, 6) is 0. The molecule has 3 nitrogen and oxygen atoms in total. The lowest BCUT2D eigenvalue weighted by atomic mass is 9.87. The first kappa shape index (κ1) is 9.68. The molecule has 1 N–H and O–H groups in total. The summed E-state index contributed by atoms with van der Waals surface area (Å²) in [5.41, 5.74) is 1.16. The topological polar surface area (TPSA) is 38.3 Å². The van der Waals surface area contributed by atoms with Crippen molar-refractivity contribution in [2.75, 3.05) is 6.61 Å². The van der Waals surface area contributed by atoms with Crippen LogP contribution in [0.4, 0.5) is 0 Å². The third kappa shape index (κ3) is 1.44. The van der Waals surface area contributed by atoms with Crippen LogP contribution >= 0.6 is 11.3 Å². The van der Waals surface area contributed by atoms with Crippen LogP contribution in [0.25, 0.3) is 0 Å². The number of nitrogens with one attached hydrogen (secondary N) is 1. The summed E-state index contributed by atoms with van der Waals surface area (Å²) >= 11 is 1.73. The predicted molar refractivity (Wildman–Crippen MR) is 55.2 cm³/mol. The lowest BCUT2D eigenvalue weighted by Gasteiger charge is -2.34. The van der Waals surface area contributed by atoms with Gasteiger partial charge >= 0.3 is 0 Å². The number of carbonyl (C=O) groups excluding carboxylic acids is 1. The van der Waals surface area contributed by atoms with Gasteiger partial charge in [0.1, 0.15) is 0 Å². The Morgan fingerprint density at radius 3 is 3.21 bits per heavy atom. The molecule has 1 amide bonds. The first-order chi connectivity index (χ1) is 6.65. The van der Waals surface area contributed by atoms with E-state index in [1.54, 1.807) is 11.3 Å². The van der Waals surface area contributed by atoms with Crippen molar-refractivity contribution in [3.63, 3.8) is 0 Å². The number of rotatable bonds is 2. The number of ether oxygens (including phenoxy) is 1. The summed E-state index contributed by atoms with van der Waals surface area (Å²) < 4.78 is 5.58. The predicted octanol–water partition coefficient (Wildman–Crippen LogP) is 1.80. The van der Waals surface area contributed by atoms with E-state index in [-0.39, 0.29) is 11.6 Å². The molecule has 1 aliphatic rings. The molecule has 0 spiro atoms. The number of fused-ring (bicyclic) bond motifs is 1. The molecule has 76 valence electrons. The summed E-state index contributed by atoms with van der Waals surface area (Å²) in [6.45, 7) is 4.95. The van der Waals surface area contributed by atoms with Crippen molar-refractivity contribution in [2.24, 2.45) is 0 Å². The maximum Gasteiger partial charge on any atom is 0.209 e. The van der Waals surface area contributed by atoms with E-state index in [0.717, 1.165) is 5.56 Å². The second-order valence-electron chi connectivity index (χ2n) is 4.06. The lowest BCUT2D eigenvalue weighted by Crippen LogP contribution is -2.36. The van der Waals surface area contributed by atoms with Crippen LogP contribution in [0.15, 0.2) is 11.4 Å². The molecular formula is C10H13NO2S. The van der Waals surface area contributed by atoms with Gasteiger partial charge in [-0.2, -0.15) is 0 Å². The molecule has 1 aromatic heterocycles. The molecule has 0 aliphatic carbocycles. The highest BCUT2D eigenvalue weighted by Crippen LogP contribution is 2.39. The smallest absolute Gasteiger partial charge is 0.209 e. The number of carbonyl (C=O) groups is 1. The van der Waals surface area contributed by atoms with Crippen LogP contribution in [0.1, 0.15) is 30.5 Å². The van der Waals surface area contributed by atoms with Crippen LogP contribution in [0.3, 0.4) is 0 Å². The van der Waals surface area contributed by atoms with Crippen molar-refractivity contribution in [3.8, 4) is 0 Å². The van der Waals surface area contributed by atoms with Gasteiger partial charge in [-0.1, -0.05) is 13.8 Å². The van der Waals surface area contributed by atoms with Crippen LogP contribution in [0, 0.1) is 0 Å². The molecule has 0 fully saturated rings. The minimum Gasteiger partial charge on any atom is -0.353 e. The summed E-state index contributed by atoms with van der Waals surface area (Å²) in [4.78, 5) is 11.7. The number of hydrogen-bond donors (Lipinski definition) is 1. The zero-order valence-corrected chi connectivity index (χ0v) is 9.06. The highest BCUT2D eigenvalue weighted by Gasteiger charge is 2.34. The Morgan fingerprint density at radius 2 is 2.50 bits per heavy atom. The second-order valence-corrected chi connectivity index (χ2v) is 4.98. The van der Waals surface area contributed by atoms with Gasteiger partial charge in [0.05, 0.1) is 6.61 Å². The fourth-order valence-corrected chi connectivity index (χ4v) is 2.76. The van der Waals surface area contributed by atoms with Crippen molar-refractivity contribution in [1.29, 1.82) is 0 Å². The van der Waals surface area contributed by atoms with E-state index in [0.29, 0.717) is 13.0 Å². The van der Waals surface area contributed by atoms with Crippen LogP contribution in [0.5, 0.6) is 0 Å². The van der Waals surface area contributed by atoms with Crippen LogP contribution in [-0.4, -0.2) is 13.0 Å². The van der Waals surface area contributed by atoms with Crippen molar-refractivity contribution >= 4 is 17.7 Å². The fraction of sp³-hybridized carbons (Fsp3) is 0.500. The molecule has 14 heavy (non-hydrogen) atoms. The van der Waals surface area contributed by atoms with Crippen LogP contribution in [-0.2, 0) is 14.9 Å². The second kappa shape index (κ2) is 3.37. The molecule has 2 rings (SSSR count). The van der Waals surface area contributed by atoms with E-state index in [1.165, 1.54) is 4.88 Å². The molecule has 0 saturated carbocycles. The van der Waals surface area contributed by atoms with Crippen molar-refractivity contribution < 1.29 is 9.53 Å². The average Bonchev–Trinajstić information content (AvgIpc) is 2.60. The minimum absolute atomic E-state index is 0.0601. The zero-order chi connectivity index (χ0) is 10.2. The van der Waals surface area contributed by atoms with E-state index >= 15 is 0 Å². The van der Waals surface area contributed by atoms with E-state index < -0.39 is 0 Å². The normalized spacial score (nSPS) is 24.0. The van der Waals surface area contributed by atoms with E-state index in [2.05, 4.69) is 19.2 Å². The van der Waals surface area contributed by atoms with Gasteiger partial charge in [0.25, 0.3) is 0 Å². The minimum atomic E-state index is -0.262. The molecule has 2 heterocycles. The number of amides is 1. The molecular weight excluding hydrogens is 198 g/mol. The molecule has 4 heteroatoms. The number of hydrogen-bond acceptors (Lipinski definition) is 3. The van der Waals surface area contributed by atoms with Gasteiger partial charge in [-0.05, 0) is 11.4 Å². The Balaban J connectivity index is 2.37. The third-order valence-corrected chi connectivity index (χ3v) is 3.72. The summed E-state index contributed by atoms with van der Waals surface area (Å²) in [6.07, 6.45) is 0.423. The van der Waals surface area contributed by atoms with Gasteiger partial charge in [-0.3, -0.25) is 4.79 Å². The van der Waals surface area contributed by atoms with Crippen LogP contribution < -0.4 is 5.32 Å². The van der Waals surface area contributed by atoms with Crippen molar-refractivity contribution in [3.05, 3.63) is 21.9 Å². The van der Waals surface area contributed by atoms with Crippen molar-refractivity contribution in [1.82, 2.24) is 5.32 Å². The number of thiophene rings is 1. The largest absolute Gasteiger partial charge is 0.353 e. The van der Waals surface area contributed by atoms with E-state index in [9.17, 15) is 4.79 Å². The highest BCUT2D eigenvalue weighted by atomic mass is 32.1. The Kier molecular flexibility index (Phi) is 2.33. The van der Waals surface area contributed by atoms with E-state index in [4.69, 9.17) is 4.74 Å². The van der Waals surface area contributed by atoms with Crippen LogP contribution in [0.2, 0.25) is 0 Å². The van der Waals surface area contributed by atoms with Gasteiger partial charge in [-0.15, -0.1) is 11.3 Å². The fourth-order valence-electron chi connectivity index (χ4n) is 1.72. The maximum absolute atomic E-state index is 10.4. The Morgan fingerprint density at radius 1 is 1.71 bits per heavy atom. The highest BCUT2D eigenvalue weighted by molar-refractivity contribution is 7.10. The summed E-state index contributed by atoms with van der Waals surface area (Å²) in [7, 11) is 0. The molecule has 0 aromatic carbocycles. The molecule has 1 unspecified atom stereocenters. The summed E-state index contributed by atoms with van der Waals surface area (Å²) in [6, 6.07) is 2.02. The molecule has 1 aliphatic heterocycles. The van der Waals surface area contributed by atoms with Crippen molar-refractivity contribution in [2.45, 2.75) is 25.5 Å². The van der Waals surface area contributed by atoms with Gasteiger partial charge < -0.3 is 10.1 Å². The summed E-state index contributed by atoms with van der Waals surface area (Å²) in [5, 5.41) is 4.71. The zero-order valence-electron chi connectivity index (χ0n) is 8.24. The quantitative estimate of drug-likeness (QED) is 0.757. The molecule has 1 atom stereocenters. The Hall–Kier alpha value is -0.870. The first-order valence-electron chi connectivity index (χ1n) is 4.54. The first-order valence-corrected chi connectivity index (χ1v) is 5.42. The van der Waals surface area contributed by atoms with Gasteiger partial charge in [0, 0.05) is 15.9 Å². The molecule has 0 bridgehead atoms. The third-order valence-electron chi connectivity index (χ3n) is 2.42. The van der Waals surface area contributed by atoms with Gasteiger partial charge in [0.2, 0.25) is 6.41 Å². The SMILES string of the molecule is CC1(C)COC(NC=O)c2ccsc21. The van der Waals surface area contributed by atoms with Gasteiger partial charge in [-0.25, -0.2) is 0 Å². The lowest BCUT2D eigenvalue weighted by molar-refractivity contribution is -0.115. The van der Waals surface area contributed by atoms with E-state index in [1.807, 2.05) is 11.4 Å². The monoisotopic (exact) mass is 211 g/mol. The molecule has 0 radical (unpaired) electrons. The Bertz CT molecular complexity index is 346. The molecule has 0 saturated heterocycles. The van der Waals surface area contributed by atoms with Gasteiger partial charge in [0.15, 0.2) is 6.23 Å². The maximum atomic E-state index is 10.4.